The van der Waals surface area contributed by atoms with Gasteiger partial charge in [0.15, 0.2) is 5.76 Å². The molecule has 3 N–H and O–H groups in total. The van der Waals surface area contributed by atoms with Gasteiger partial charge in [-0.3, -0.25) is 0 Å². The summed E-state index contributed by atoms with van der Waals surface area (Å²) in [6.45, 7) is 1.76. The van der Waals surface area contributed by atoms with Crippen molar-refractivity contribution in [3.63, 3.8) is 0 Å². The standard InChI is InChI=1S/C10H12F3N3O4/c1-5-3-6(20-16-5)4-14-8(19)15-9(2,7(17)18)10(11,12)13/h3H,4H2,1-2H3,(H,17,18)(H2,14,15,19). The van der Waals surface area contributed by atoms with Gasteiger partial charge >= 0.3 is 18.2 Å². The van der Waals surface area contributed by atoms with E-state index in [1.807, 2.05) is 5.32 Å². The van der Waals surface area contributed by atoms with Gasteiger partial charge in [0, 0.05) is 6.07 Å². The number of nitrogens with one attached hydrogen (secondary N) is 2. The molecule has 20 heavy (non-hydrogen) atoms. The van der Waals surface area contributed by atoms with Gasteiger partial charge in [0.1, 0.15) is 0 Å². The molecule has 0 aromatic carbocycles. The van der Waals surface area contributed by atoms with Crippen LogP contribution in [0.3, 0.4) is 0 Å². The van der Waals surface area contributed by atoms with E-state index in [1.165, 1.54) is 11.4 Å². The highest BCUT2D eigenvalue weighted by Crippen LogP contribution is 2.30. The van der Waals surface area contributed by atoms with Crippen molar-refractivity contribution in [2.75, 3.05) is 0 Å². The number of aryl methyl sites for hydroxylation is 1. The Morgan fingerprint density at radius 3 is 2.45 bits per heavy atom. The normalized spacial score (nSPS) is 14.4. The lowest BCUT2D eigenvalue weighted by molar-refractivity contribution is -0.203. The van der Waals surface area contributed by atoms with Crippen LogP contribution in [0.1, 0.15) is 18.4 Å². The molecule has 1 heterocycles. The van der Waals surface area contributed by atoms with E-state index in [0.717, 1.165) is 0 Å². The Morgan fingerprint density at radius 2 is 2.05 bits per heavy atom. The van der Waals surface area contributed by atoms with Crippen LogP contribution in [0.5, 0.6) is 0 Å². The lowest BCUT2D eigenvalue weighted by Gasteiger charge is -2.28. The van der Waals surface area contributed by atoms with Crippen LogP contribution in [0.15, 0.2) is 10.6 Å². The molecule has 0 radical (unpaired) electrons. The Hall–Kier alpha value is -2.26. The van der Waals surface area contributed by atoms with Crippen molar-refractivity contribution in [2.45, 2.75) is 32.1 Å². The number of aromatic nitrogens is 1. The number of carboxylic acids is 1. The van der Waals surface area contributed by atoms with E-state index < -0.39 is 23.7 Å². The first kappa shape index (κ1) is 15.8. The second kappa shape index (κ2) is 5.39. The summed E-state index contributed by atoms with van der Waals surface area (Å²) >= 11 is 0. The molecule has 0 spiro atoms. The third-order valence-corrected chi connectivity index (χ3v) is 2.46. The van der Waals surface area contributed by atoms with Gasteiger partial charge < -0.3 is 20.3 Å². The Kier molecular flexibility index (Phi) is 4.26. The number of hydrogen-bond acceptors (Lipinski definition) is 4. The molecule has 0 bridgehead atoms. The molecule has 1 atom stereocenters. The van der Waals surface area contributed by atoms with Crippen LogP contribution < -0.4 is 10.6 Å². The Labute approximate surface area is 111 Å². The molecule has 0 fully saturated rings. The van der Waals surface area contributed by atoms with Crippen LogP contribution in [0.2, 0.25) is 0 Å². The van der Waals surface area contributed by atoms with Crippen LogP contribution in [0, 0.1) is 6.92 Å². The topological polar surface area (TPSA) is 104 Å². The Bertz CT molecular complexity index is 514. The number of nitrogens with zero attached hydrogens (tertiary/aromatic N) is 1. The molecule has 0 aliphatic carbocycles. The molecule has 1 aromatic heterocycles. The van der Waals surface area contributed by atoms with Gasteiger partial charge in [0.25, 0.3) is 0 Å². The summed E-state index contributed by atoms with van der Waals surface area (Å²) in [7, 11) is 0. The predicted octanol–water partition coefficient (Wildman–Crippen LogP) is 1.19. The number of aliphatic carboxylic acids is 1. The fourth-order valence-electron chi connectivity index (χ4n) is 1.18. The Balaban J connectivity index is 2.66. The molecular formula is C10H12F3N3O4. The first-order chi connectivity index (χ1) is 9.06. The molecule has 0 saturated carbocycles. The van der Waals surface area contributed by atoms with Crippen molar-refractivity contribution < 1.29 is 32.4 Å². The zero-order chi connectivity index (χ0) is 15.6. The van der Waals surface area contributed by atoms with Crippen molar-refractivity contribution >= 4 is 12.0 Å². The minimum absolute atomic E-state index is 0.222. The lowest BCUT2D eigenvalue weighted by Crippen LogP contribution is -2.63. The summed E-state index contributed by atoms with van der Waals surface area (Å²) in [5.41, 5.74) is -2.85. The zero-order valence-corrected chi connectivity index (χ0v) is 10.5. The minimum Gasteiger partial charge on any atom is -0.479 e. The first-order valence-corrected chi connectivity index (χ1v) is 5.34. The number of halogens is 3. The van der Waals surface area contributed by atoms with E-state index in [2.05, 4.69) is 5.16 Å². The van der Waals surface area contributed by atoms with Crippen molar-refractivity contribution in [1.29, 1.82) is 0 Å². The number of urea groups is 1. The van der Waals surface area contributed by atoms with Gasteiger partial charge in [-0.15, -0.1) is 0 Å². The molecule has 1 aromatic rings. The van der Waals surface area contributed by atoms with E-state index in [9.17, 15) is 22.8 Å². The highest BCUT2D eigenvalue weighted by atomic mass is 19.4. The minimum atomic E-state index is -5.14. The number of amides is 2. The van der Waals surface area contributed by atoms with Crippen molar-refractivity contribution in [3.05, 3.63) is 17.5 Å². The molecule has 7 nitrogen and oxygen atoms in total. The lowest BCUT2D eigenvalue weighted by atomic mass is 10.0. The van der Waals surface area contributed by atoms with Crippen molar-refractivity contribution in [2.24, 2.45) is 0 Å². The quantitative estimate of drug-likeness (QED) is 0.774. The number of rotatable bonds is 4. The van der Waals surface area contributed by atoms with Gasteiger partial charge in [0.05, 0.1) is 12.2 Å². The average molecular weight is 295 g/mol. The summed E-state index contributed by atoms with van der Waals surface area (Å²) < 4.78 is 42.6. The van der Waals surface area contributed by atoms with Gasteiger partial charge in [-0.2, -0.15) is 13.2 Å². The van der Waals surface area contributed by atoms with E-state index in [0.29, 0.717) is 12.6 Å². The summed E-state index contributed by atoms with van der Waals surface area (Å²) in [4.78, 5) is 22.0. The fraction of sp³-hybridized carbons (Fsp3) is 0.500. The summed E-state index contributed by atoms with van der Waals surface area (Å²) in [5.74, 6) is -1.99. The largest absolute Gasteiger partial charge is 0.479 e. The van der Waals surface area contributed by atoms with E-state index >= 15 is 0 Å². The zero-order valence-electron chi connectivity index (χ0n) is 10.5. The smallest absolute Gasteiger partial charge is 0.422 e. The van der Waals surface area contributed by atoms with E-state index in [4.69, 9.17) is 9.63 Å². The SMILES string of the molecule is Cc1cc(CNC(=O)NC(C)(C(=O)O)C(F)(F)F)on1. The van der Waals surface area contributed by atoms with Crippen LogP contribution in [0.25, 0.3) is 0 Å². The molecule has 1 rings (SSSR count). The second-order valence-electron chi connectivity index (χ2n) is 4.17. The van der Waals surface area contributed by atoms with Crippen LogP contribution in [-0.2, 0) is 11.3 Å². The maximum atomic E-state index is 12.6. The number of hydrogen-bond donors (Lipinski definition) is 3. The monoisotopic (exact) mass is 295 g/mol. The molecule has 2 amide bonds. The maximum absolute atomic E-state index is 12.6. The summed E-state index contributed by atoms with van der Waals surface area (Å²) in [6.07, 6.45) is -5.14. The third kappa shape index (κ3) is 3.39. The molecule has 0 saturated heterocycles. The van der Waals surface area contributed by atoms with Gasteiger partial charge in [0.2, 0.25) is 5.54 Å². The highest BCUT2D eigenvalue weighted by Gasteiger charge is 2.58. The highest BCUT2D eigenvalue weighted by molar-refractivity contribution is 5.86. The van der Waals surface area contributed by atoms with Crippen molar-refractivity contribution in [3.8, 4) is 0 Å². The maximum Gasteiger partial charge on any atom is 0.422 e. The van der Waals surface area contributed by atoms with Gasteiger partial charge in [-0.25, -0.2) is 9.59 Å². The number of carbonyl (C=O) groups is 2. The second-order valence-corrected chi connectivity index (χ2v) is 4.17. The molecule has 0 aliphatic rings. The van der Waals surface area contributed by atoms with E-state index in [-0.39, 0.29) is 12.3 Å². The number of carboxylic acid groups (broad SMARTS) is 1. The number of alkyl halides is 3. The molecule has 0 aliphatic heterocycles. The predicted molar refractivity (Wildman–Crippen MR) is 58.7 cm³/mol. The Morgan fingerprint density at radius 1 is 1.45 bits per heavy atom. The molecule has 10 heteroatoms. The van der Waals surface area contributed by atoms with Gasteiger partial charge in [-0.05, 0) is 13.8 Å². The number of carbonyl (C=O) groups excluding carboxylic acids is 1. The molecular weight excluding hydrogens is 283 g/mol. The summed E-state index contributed by atoms with van der Waals surface area (Å²) in [5, 5.41) is 15.6. The molecule has 1 unspecified atom stereocenters. The van der Waals surface area contributed by atoms with Crippen LogP contribution in [0.4, 0.5) is 18.0 Å². The van der Waals surface area contributed by atoms with Crippen LogP contribution >= 0.6 is 0 Å². The first-order valence-electron chi connectivity index (χ1n) is 5.34. The van der Waals surface area contributed by atoms with Crippen LogP contribution in [-0.4, -0.2) is 34.0 Å². The third-order valence-electron chi connectivity index (χ3n) is 2.46. The molecule has 112 valence electrons. The van der Waals surface area contributed by atoms with Gasteiger partial charge in [-0.1, -0.05) is 5.16 Å². The fourth-order valence-corrected chi connectivity index (χ4v) is 1.18. The van der Waals surface area contributed by atoms with E-state index in [1.54, 1.807) is 6.92 Å². The summed E-state index contributed by atoms with van der Waals surface area (Å²) in [6, 6.07) is 0.182. The average Bonchev–Trinajstić information content (AvgIpc) is 2.70. The van der Waals surface area contributed by atoms with Crippen molar-refractivity contribution in [1.82, 2.24) is 15.8 Å².